The Balaban J connectivity index is 1.51. The number of nitrogens with two attached hydrogens (primary N) is 1. The SMILES string of the molecule is NC1C2CCCC1CC(C(=O)NCCc1cc(Br)ccc1F)C2. The van der Waals surface area contributed by atoms with Gasteiger partial charge in [-0.1, -0.05) is 22.4 Å². The summed E-state index contributed by atoms with van der Waals surface area (Å²) in [6.07, 6.45) is 5.90. The molecular formula is C18H24BrFN2O. The summed E-state index contributed by atoms with van der Waals surface area (Å²) in [5.74, 6) is 0.976. The molecule has 5 heteroatoms. The fraction of sp³-hybridized carbons (Fsp3) is 0.611. The number of carbonyl (C=O) groups excluding carboxylic acids is 1. The lowest BCUT2D eigenvalue weighted by atomic mass is 9.65. The van der Waals surface area contributed by atoms with Crippen molar-refractivity contribution in [2.24, 2.45) is 23.5 Å². The van der Waals surface area contributed by atoms with Gasteiger partial charge < -0.3 is 11.1 Å². The first-order chi connectivity index (χ1) is 11.0. The molecule has 2 bridgehead atoms. The van der Waals surface area contributed by atoms with Crippen molar-refractivity contribution < 1.29 is 9.18 Å². The molecule has 2 aliphatic carbocycles. The summed E-state index contributed by atoms with van der Waals surface area (Å²) in [6, 6.07) is 5.18. The van der Waals surface area contributed by atoms with Gasteiger partial charge in [-0.3, -0.25) is 4.79 Å². The number of benzene rings is 1. The van der Waals surface area contributed by atoms with E-state index in [1.54, 1.807) is 12.1 Å². The highest BCUT2D eigenvalue weighted by Gasteiger charge is 2.40. The molecule has 3 N–H and O–H groups in total. The first-order valence-corrected chi connectivity index (χ1v) is 9.31. The average molecular weight is 383 g/mol. The molecule has 126 valence electrons. The summed E-state index contributed by atoms with van der Waals surface area (Å²) in [5.41, 5.74) is 6.90. The van der Waals surface area contributed by atoms with Crippen LogP contribution >= 0.6 is 15.9 Å². The zero-order chi connectivity index (χ0) is 16.4. The number of halogens is 2. The molecule has 3 nitrogen and oxygen atoms in total. The lowest BCUT2D eigenvalue weighted by Gasteiger charge is -2.43. The van der Waals surface area contributed by atoms with E-state index in [4.69, 9.17) is 5.73 Å². The van der Waals surface area contributed by atoms with Crippen molar-refractivity contribution in [3.8, 4) is 0 Å². The molecule has 0 saturated heterocycles. The standard InChI is InChI=1S/C18H24BrFN2O/c19-15-4-5-16(20)11(10-15)6-7-22-18(23)14-8-12-2-1-3-13(9-14)17(12)21/h4-5,10,12-14,17H,1-3,6-9,21H2,(H,22,23). The third-order valence-corrected chi connectivity index (χ3v) is 5.98. The summed E-state index contributed by atoms with van der Waals surface area (Å²) in [7, 11) is 0. The first-order valence-electron chi connectivity index (χ1n) is 8.52. The fourth-order valence-electron chi connectivity index (χ4n) is 4.20. The first kappa shape index (κ1) is 16.9. The van der Waals surface area contributed by atoms with Gasteiger partial charge in [0, 0.05) is 23.0 Å². The van der Waals surface area contributed by atoms with Crippen molar-refractivity contribution >= 4 is 21.8 Å². The highest BCUT2D eigenvalue weighted by atomic mass is 79.9. The van der Waals surface area contributed by atoms with Crippen LogP contribution < -0.4 is 11.1 Å². The van der Waals surface area contributed by atoms with Gasteiger partial charge in [0.05, 0.1) is 0 Å². The van der Waals surface area contributed by atoms with Crippen molar-refractivity contribution in [3.05, 3.63) is 34.1 Å². The largest absolute Gasteiger partial charge is 0.356 e. The van der Waals surface area contributed by atoms with E-state index in [0.717, 1.165) is 30.2 Å². The zero-order valence-electron chi connectivity index (χ0n) is 13.2. The van der Waals surface area contributed by atoms with Gasteiger partial charge in [0.15, 0.2) is 0 Å². The number of hydrogen-bond acceptors (Lipinski definition) is 2. The van der Waals surface area contributed by atoms with Gasteiger partial charge in [0.2, 0.25) is 5.91 Å². The van der Waals surface area contributed by atoms with Crippen molar-refractivity contribution in [2.45, 2.75) is 44.6 Å². The van der Waals surface area contributed by atoms with E-state index in [2.05, 4.69) is 21.2 Å². The van der Waals surface area contributed by atoms with Gasteiger partial charge in [-0.15, -0.1) is 0 Å². The van der Waals surface area contributed by atoms with Crippen molar-refractivity contribution in [2.75, 3.05) is 6.54 Å². The Morgan fingerprint density at radius 1 is 1.30 bits per heavy atom. The molecule has 2 fully saturated rings. The van der Waals surface area contributed by atoms with Crippen LogP contribution in [0.3, 0.4) is 0 Å². The summed E-state index contributed by atoms with van der Waals surface area (Å²) in [4.78, 5) is 12.4. The van der Waals surface area contributed by atoms with Crippen LogP contribution in [-0.4, -0.2) is 18.5 Å². The van der Waals surface area contributed by atoms with Crippen molar-refractivity contribution in [1.29, 1.82) is 0 Å². The predicted molar refractivity (Wildman–Crippen MR) is 92.3 cm³/mol. The fourth-order valence-corrected chi connectivity index (χ4v) is 4.61. The predicted octanol–water partition coefficient (Wildman–Crippen LogP) is 3.40. The number of carbonyl (C=O) groups is 1. The molecule has 2 saturated carbocycles. The van der Waals surface area contributed by atoms with Gasteiger partial charge in [-0.05, 0) is 67.7 Å². The van der Waals surface area contributed by atoms with Crippen LogP contribution in [-0.2, 0) is 11.2 Å². The molecule has 1 aromatic carbocycles. The molecular weight excluding hydrogens is 359 g/mol. The molecule has 1 amide bonds. The second-order valence-electron chi connectivity index (χ2n) is 6.97. The Labute approximate surface area is 145 Å². The molecule has 2 unspecified atom stereocenters. The lowest BCUT2D eigenvalue weighted by Crippen LogP contribution is -2.49. The van der Waals surface area contributed by atoms with Gasteiger partial charge in [0.1, 0.15) is 5.82 Å². The molecule has 0 heterocycles. The maximum absolute atomic E-state index is 13.7. The Morgan fingerprint density at radius 3 is 2.70 bits per heavy atom. The summed E-state index contributed by atoms with van der Waals surface area (Å²) >= 11 is 3.35. The summed E-state index contributed by atoms with van der Waals surface area (Å²) < 4.78 is 14.6. The van der Waals surface area contributed by atoms with Crippen LogP contribution in [0, 0.1) is 23.6 Å². The molecule has 3 rings (SSSR count). The van der Waals surface area contributed by atoms with Crippen LogP contribution in [0.5, 0.6) is 0 Å². The summed E-state index contributed by atoms with van der Waals surface area (Å²) in [5, 5.41) is 2.99. The third-order valence-electron chi connectivity index (χ3n) is 5.49. The molecule has 0 aromatic heterocycles. The van der Waals surface area contributed by atoms with E-state index in [1.807, 2.05) is 0 Å². The van der Waals surface area contributed by atoms with Crippen molar-refractivity contribution in [3.63, 3.8) is 0 Å². The highest BCUT2D eigenvalue weighted by Crippen LogP contribution is 2.41. The number of fused-ring (bicyclic) bond motifs is 2. The minimum absolute atomic E-state index is 0.0810. The maximum Gasteiger partial charge on any atom is 0.223 e. The molecule has 0 aliphatic heterocycles. The van der Waals surface area contributed by atoms with Gasteiger partial charge in [-0.25, -0.2) is 4.39 Å². The average Bonchev–Trinajstić information content (AvgIpc) is 2.50. The monoisotopic (exact) mass is 382 g/mol. The second kappa shape index (κ2) is 7.31. The second-order valence-corrected chi connectivity index (χ2v) is 7.89. The minimum Gasteiger partial charge on any atom is -0.356 e. The van der Waals surface area contributed by atoms with E-state index in [1.165, 1.54) is 12.5 Å². The Morgan fingerprint density at radius 2 is 2.00 bits per heavy atom. The van der Waals surface area contributed by atoms with E-state index in [9.17, 15) is 9.18 Å². The quantitative estimate of drug-likeness (QED) is 0.838. The third kappa shape index (κ3) is 3.94. The number of rotatable bonds is 4. The van der Waals surface area contributed by atoms with Gasteiger partial charge in [-0.2, -0.15) is 0 Å². The zero-order valence-corrected chi connectivity index (χ0v) is 14.8. The van der Waals surface area contributed by atoms with E-state index in [0.29, 0.717) is 30.4 Å². The van der Waals surface area contributed by atoms with Gasteiger partial charge >= 0.3 is 0 Å². The van der Waals surface area contributed by atoms with Gasteiger partial charge in [0.25, 0.3) is 0 Å². The molecule has 0 spiro atoms. The molecule has 0 radical (unpaired) electrons. The smallest absolute Gasteiger partial charge is 0.223 e. The van der Waals surface area contributed by atoms with E-state index < -0.39 is 0 Å². The highest BCUT2D eigenvalue weighted by molar-refractivity contribution is 9.10. The van der Waals surface area contributed by atoms with E-state index in [-0.39, 0.29) is 23.7 Å². The molecule has 1 aromatic rings. The number of hydrogen-bond donors (Lipinski definition) is 2. The molecule has 2 atom stereocenters. The summed E-state index contributed by atoms with van der Waals surface area (Å²) in [6.45, 7) is 0.476. The maximum atomic E-state index is 13.7. The van der Waals surface area contributed by atoms with E-state index >= 15 is 0 Å². The number of amides is 1. The number of nitrogens with one attached hydrogen (secondary N) is 1. The lowest BCUT2D eigenvalue weighted by molar-refractivity contribution is -0.127. The van der Waals surface area contributed by atoms with Crippen LogP contribution in [0.4, 0.5) is 4.39 Å². The Bertz CT molecular complexity index is 566. The Kier molecular flexibility index (Phi) is 5.37. The molecule has 2 aliphatic rings. The normalized spacial score (nSPS) is 30.0. The molecule has 23 heavy (non-hydrogen) atoms. The topological polar surface area (TPSA) is 55.1 Å². The van der Waals surface area contributed by atoms with Crippen molar-refractivity contribution in [1.82, 2.24) is 5.32 Å². The van der Waals surface area contributed by atoms with Crippen LogP contribution in [0.2, 0.25) is 0 Å². The van der Waals surface area contributed by atoms with Crippen LogP contribution in [0.15, 0.2) is 22.7 Å². The van der Waals surface area contributed by atoms with Crippen LogP contribution in [0.1, 0.15) is 37.7 Å². The minimum atomic E-state index is -0.222. The van der Waals surface area contributed by atoms with Crippen LogP contribution in [0.25, 0.3) is 0 Å². The Hall–Kier alpha value is -0.940.